The van der Waals surface area contributed by atoms with Gasteiger partial charge in [-0.05, 0) is 56.0 Å². The fourth-order valence-corrected chi connectivity index (χ4v) is 3.07. The molecule has 0 fully saturated rings. The highest BCUT2D eigenvalue weighted by atomic mass is 16.6. The van der Waals surface area contributed by atoms with Crippen LogP contribution in [0.15, 0.2) is 30.3 Å². The lowest BCUT2D eigenvalue weighted by atomic mass is 9.97. The molecule has 0 bridgehead atoms. The first-order valence-electron chi connectivity index (χ1n) is 10.8. The lowest BCUT2D eigenvalue weighted by Crippen LogP contribution is -2.52. The molecular weight excluding hydrogens is 412 g/mol. The number of aryl methyl sites for hydroxylation is 2. The third-order valence-corrected chi connectivity index (χ3v) is 4.77. The molecule has 1 aromatic heterocycles. The van der Waals surface area contributed by atoms with Crippen molar-refractivity contribution in [1.82, 2.24) is 30.8 Å². The van der Waals surface area contributed by atoms with Crippen molar-refractivity contribution in [1.29, 1.82) is 0 Å². The molecule has 176 valence electrons. The molecule has 0 aliphatic heterocycles. The Balaban J connectivity index is 2.03. The second-order valence-electron chi connectivity index (χ2n) is 9.09. The predicted octanol–water partition coefficient (Wildman–Crippen LogP) is 2.00. The van der Waals surface area contributed by atoms with Crippen molar-refractivity contribution in [2.24, 2.45) is 5.92 Å². The van der Waals surface area contributed by atoms with E-state index in [1.807, 2.05) is 44.2 Å². The van der Waals surface area contributed by atoms with Gasteiger partial charge in [0.2, 0.25) is 5.91 Å². The maximum Gasteiger partial charge on any atom is 0.408 e. The Morgan fingerprint density at radius 1 is 1.12 bits per heavy atom. The SMILES string of the molecule is CC(C)[C@H](NC(=O)[C@H](C)NC(=O)OC(C)(C)C)C(O)c1nnnn1CCc1ccccc1. The molecule has 0 aliphatic rings. The zero-order valence-electron chi connectivity index (χ0n) is 19.6. The van der Waals surface area contributed by atoms with Crippen molar-refractivity contribution >= 4 is 12.0 Å². The molecule has 0 saturated heterocycles. The monoisotopic (exact) mass is 446 g/mol. The van der Waals surface area contributed by atoms with Crippen LogP contribution >= 0.6 is 0 Å². The van der Waals surface area contributed by atoms with Crippen molar-refractivity contribution in [3.05, 3.63) is 41.7 Å². The summed E-state index contributed by atoms with van der Waals surface area (Å²) in [6.07, 6.45) is -1.12. The molecule has 0 spiro atoms. The van der Waals surface area contributed by atoms with Crippen LogP contribution in [0.3, 0.4) is 0 Å². The van der Waals surface area contributed by atoms with Gasteiger partial charge in [0.15, 0.2) is 5.82 Å². The summed E-state index contributed by atoms with van der Waals surface area (Å²) < 4.78 is 6.73. The van der Waals surface area contributed by atoms with E-state index < -0.39 is 35.8 Å². The number of hydrogen-bond acceptors (Lipinski definition) is 7. The smallest absolute Gasteiger partial charge is 0.408 e. The highest BCUT2D eigenvalue weighted by Crippen LogP contribution is 2.20. The molecular formula is C22H34N6O4. The molecule has 0 radical (unpaired) electrons. The van der Waals surface area contributed by atoms with Crippen LogP contribution in [-0.4, -0.2) is 55.0 Å². The topological polar surface area (TPSA) is 131 Å². The second-order valence-corrected chi connectivity index (χ2v) is 9.09. The maximum absolute atomic E-state index is 12.7. The van der Waals surface area contributed by atoms with Gasteiger partial charge >= 0.3 is 6.09 Å². The van der Waals surface area contributed by atoms with Gasteiger partial charge in [-0.2, -0.15) is 0 Å². The number of tetrazole rings is 1. The highest BCUT2D eigenvalue weighted by molar-refractivity contribution is 5.85. The minimum Gasteiger partial charge on any atom is -0.444 e. The largest absolute Gasteiger partial charge is 0.444 e. The average molecular weight is 447 g/mol. The van der Waals surface area contributed by atoms with Crippen LogP contribution in [-0.2, 0) is 22.5 Å². The number of amides is 2. The summed E-state index contributed by atoms with van der Waals surface area (Å²) in [5.41, 5.74) is 0.451. The Bertz CT molecular complexity index is 878. The van der Waals surface area contributed by atoms with Gasteiger partial charge in [0.1, 0.15) is 17.7 Å². The summed E-state index contributed by atoms with van der Waals surface area (Å²) in [4.78, 5) is 24.6. The van der Waals surface area contributed by atoms with Crippen molar-refractivity contribution in [2.75, 3.05) is 0 Å². The summed E-state index contributed by atoms with van der Waals surface area (Å²) in [5, 5.41) is 28.0. The van der Waals surface area contributed by atoms with Crippen molar-refractivity contribution < 1.29 is 19.4 Å². The molecule has 2 rings (SSSR count). The van der Waals surface area contributed by atoms with Crippen LogP contribution in [0.4, 0.5) is 4.79 Å². The third-order valence-electron chi connectivity index (χ3n) is 4.77. The second kappa shape index (κ2) is 11.0. The lowest BCUT2D eigenvalue weighted by molar-refractivity contribution is -0.125. The number of aromatic nitrogens is 4. The molecule has 1 aromatic carbocycles. The van der Waals surface area contributed by atoms with E-state index in [1.165, 1.54) is 0 Å². The van der Waals surface area contributed by atoms with Gasteiger partial charge in [0.25, 0.3) is 0 Å². The minimum absolute atomic E-state index is 0.123. The Kier molecular flexibility index (Phi) is 8.71. The first-order chi connectivity index (χ1) is 15.0. The van der Waals surface area contributed by atoms with E-state index in [0.29, 0.717) is 13.0 Å². The maximum atomic E-state index is 12.7. The van der Waals surface area contributed by atoms with Gasteiger partial charge < -0.3 is 20.5 Å². The van der Waals surface area contributed by atoms with Crippen LogP contribution in [0.2, 0.25) is 0 Å². The Labute approximate surface area is 188 Å². The van der Waals surface area contributed by atoms with Gasteiger partial charge in [-0.3, -0.25) is 4.79 Å². The van der Waals surface area contributed by atoms with Gasteiger partial charge in [0, 0.05) is 6.54 Å². The fourth-order valence-electron chi connectivity index (χ4n) is 3.07. The van der Waals surface area contributed by atoms with E-state index in [-0.39, 0.29) is 11.7 Å². The molecule has 0 aliphatic carbocycles. The first kappa shape index (κ1) is 25.3. The molecule has 10 nitrogen and oxygen atoms in total. The van der Waals surface area contributed by atoms with E-state index in [0.717, 1.165) is 5.56 Å². The number of nitrogens with one attached hydrogen (secondary N) is 2. The molecule has 3 N–H and O–H groups in total. The van der Waals surface area contributed by atoms with E-state index >= 15 is 0 Å². The number of aliphatic hydroxyl groups excluding tert-OH is 1. The Hall–Kier alpha value is -3.01. The molecule has 3 atom stereocenters. The standard InChI is InChI=1S/C22H34N6O4/c1-14(2)17(24-20(30)15(3)23-21(31)32-22(4,5)6)18(29)19-25-26-27-28(19)13-12-16-10-8-7-9-11-16/h7-11,14-15,17-18,29H,12-13H2,1-6H3,(H,23,31)(H,24,30)/t15-,17-,18?/m0/s1. The van der Waals surface area contributed by atoms with Crippen molar-refractivity contribution in [2.45, 2.75) is 78.3 Å². The fraction of sp³-hybridized carbons (Fsp3) is 0.591. The number of benzene rings is 1. The van der Waals surface area contributed by atoms with E-state index in [1.54, 1.807) is 32.4 Å². The van der Waals surface area contributed by atoms with Crippen LogP contribution in [0, 0.1) is 5.92 Å². The predicted molar refractivity (Wildman–Crippen MR) is 119 cm³/mol. The molecule has 2 aromatic rings. The van der Waals surface area contributed by atoms with Gasteiger partial charge in [-0.15, -0.1) is 5.10 Å². The van der Waals surface area contributed by atoms with E-state index in [4.69, 9.17) is 4.74 Å². The zero-order chi connectivity index (χ0) is 23.9. The number of carbonyl (C=O) groups excluding carboxylic acids is 2. The summed E-state index contributed by atoms with van der Waals surface area (Å²) in [6, 6.07) is 8.37. The molecule has 1 heterocycles. The Morgan fingerprint density at radius 2 is 1.78 bits per heavy atom. The molecule has 2 amide bonds. The van der Waals surface area contributed by atoms with E-state index in [9.17, 15) is 14.7 Å². The van der Waals surface area contributed by atoms with Crippen LogP contribution in [0.1, 0.15) is 59.0 Å². The lowest BCUT2D eigenvalue weighted by Gasteiger charge is -2.28. The number of alkyl carbamates (subject to hydrolysis) is 1. The van der Waals surface area contributed by atoms with Gasteiger partial charge in [-0.1, -0.05) is 44.2 Å². The molecule has 32 heavy (non-hydrogen) atoms. The summed E-state index contributed by atoms with van der Waals surface area (Å²) in [7, 11) is 0. The number of aliphatic hydroxyl groups is 1. The van der Waals surface area contributed by atoms with Gasteiger partial charge in [-0.25, -0.2) is 9.48 Å². The zero-order valence-corrected chi connectivity index (χ0v) is 19.6. The summed E-state index contributed by atoms with van der Waals surface area (Å²) in [6.45, 7) is 11.0. The molecule has 10 heteroatoms. The number of carbonyl (C=O) groups is 2. The quantitative estimate of drug-likeness (QED) is 0.537. The molecule has 0 saturated carbocycles. The van der Waals surface area contributed by atoms with Crippen LogP contribution in [0.25, 0.3) is 0 Å². The number of hydrogen-bond donors (Lipinski definition) is 3. The number of nitrogens with zero attached hydrogens (tertiary/aromatic N) is 4. The van der Waals surface area contributed by atoms with Gasteiger partial charge in [0.05, 0.1) is 6.04 Å². The van der Waals surface area contributed by atoms with Crippen molar-refractivity contribution in [3.63, 3.8) is 0 Å². The average Bonchev–Trinajstić information content (AvgIpc) is 3.17. The normalized spacial score (nSPS) is 14.5. The van der Waals surface area contributed by atoms with Crippen LogP contribution < -0.4 is 10.6 Å². The minimum atomic E-state index is -1.13. The Morgan fingerprint density at radius 3 is 2.38 bits per heavy atom. The first-order valence-corrected chi connectivity index (χ1v) is 10.8. The summed E-state index contributed by atoms with van der Waals surface area (Å²) >= 11 is 0. The highest BCUT2D eigenvalue weighted by Gasteiger charge is 2.32. The summed E-state index contributed by atoms with van der Waals surface area (Å²) in [5.74, 6) is -0.299. The van der Waals surface area contributed by atoms with E-state index in [2.05, 4.69) is 26.2 Å². The molecule has 1 unspecified atom stereocenters. The number of ether oxygens (including phenoxy) is 1. The van der Waals surface area contributed by atoms with Crippen LogP contribution in [0.5, 0.6) is 0 Å². The number of rotatable bonds is 9. The van der Waals surface area contributed by atoms with Crippen molar-refractivity contribution in [3.8, 4) is 0 Å². The third kappa shape index (κ3) is 7.60.